The Kier molecular flexibility index (Phi) is 1.34. The third-order valence-electron chi connectivity index (χ3n) is 3.67. The molecule has 2 heterocycles. The van der Waals surface area contributed by atoms with Crippen molar-refractivity contribution in [3.05, 3.63) is 11.1 Å². The molecule has 3 heteroatoms. The molecule has 4 atom stereocenters. The fraction of sp³-hybridized carbons (Fsp3) is 0.700. The maximum absolute atomic E-state index is 11.6. The van der Waals surface area contributed by atoms with Gasteiger partial charge in [-0.3, -0.25) is 4.79 Å². The van der Waals surface area contributed by atoms with Gasteiger partial charge in [0, 0.05) is 11.0 Å². The number of ether oxygens (including phenoxy) is 1. The second-order valence-electron chi connectivity index (χ2n) is 4.44. The summed E-state index contributed by atoms with van der Waals surface area (Å²) < 4.78 is 5.82. The lowest BCUT2D eigenvalue weighted by Gasteiger charge is -2.27. The first kappa shape index (κ1) is 8.01. The van der Waals surface area contributed by atoms with Crippen LogP contribution >= 0.6 is 11.6 Å². The summed E-state index contributed by atoms with van der Waals surface area (Å²) in [6.45, 7) is 2.04. The Morgan fingerprint density at radius 3 is 3.15 bits per heavy atom. The number of fused-ring (bicyclic) bond motifs is 5. The van der Waals surface area contributed by atoms with Crippen molar-refractivity contribution in [3.8, 4) is 0 Å². The maximum Gasteiger partial charge on any atom is 0.163 e. The minimum atomic E-state index is -0.223. The van der Waals surface area contributed by atoms with Gasteiger partial charge in [0.05, 0.1) is 17.6 Å². The van der Waals surface area contributed by atoms with Gasteiger partial charge in [-0.25, -0.2) is 0 Å². The summed E-state index contributed by atoms with van der Waals surface area (Å²) >= 11 is 6.02. The second kappa shape index (κ2) is 2.18. The highest BCUT2D eigenvalue weighted by molar-refractivity contribution is 6.33. The van der Waals surface area contributed by atoms with E-state index in [0.717, 1.165) is 12.8 Å². The van der Waals surface area contributed by atoms with Gasteiger partial charge >= 0.3 is 0 Å². The number of ketones is 1. The molecule has 0 aromatic heterocycles. The minimum absolute atomic E-state index is 0.0127. The highest BCUT2D eigenvalue weighted by Crippen LogP contribution is 2.56. The smallest absolute Gasteiger partial charge is 0.163 e. The molecule has 2 aliphatic heterocycles. The lowest BCUT2D eigenvalue weighted by Crippen LogP contribution is -2.37. The molecular formula is C10H11ClO2. The van der Waals surface area contributed by atoms with E-state index in [1.807, 2.05) is 6.92 Å². The molecule has 2 nitrogen and oxygen atoms in total. The van der Waals surface area contributed by atoms with Crippen LogP contribution in [0.1, 0.15) is 19.8 Å². The molecule has 13 heavy (non-hydrogen) atoms. The van der Waals surface area contributed by atoms with Crippen LogP contribution in [0.4, 0.5) is 0 Å². The molecular weight excluding hydrogens is 188 g/mol. The van der Waals surface area contributed by atoms with Crippen LogP contribution in [0.25, 0.3) is 0 Å². The first-order valence-electron chi connectivity index (χ1n) is 4.70. The highest BCUT2D eigenvalue weighted by atomic mass is 35.5. The van der Waals surface area contributed by atoms with Crippen LogP contribution in [0, 0.1) is 11.8 Å². The fourth-order valence-electron chi connectivity index (χ4n) is 3.11. The van der Waals surface area contributed by atoms with Crippen molar-refractivity contribution in [2.45, 2.75) is 31.5 Å². The van der Waals surface area contributed by atoms with Crippen LogP contribution in [0.5, 0.6) is 0 Å². The summed E-state index contributed by atoms with van der Waals surface area (Å²) in [5.41, 5.74) is -0.223. The van der Waals surface area contributed by atoms with Crippen molar-refractivity contribution in [1.82, 2.24) is 0 Å². The van der Waals surface area contributed by atoms with Crippen LogP contribution in [-0.4, -0.2) is 17.5 Å². The molecule has 70 valence electrons. The van der Waals surface area contributed by atoms with E-state index in [1.165, 1.54) is 0 Å². The first-order chi connectivity index (χ1) is 6.12. The third-order valence-corrected chi connectivity index (χ3v) is 4.03. The van der Waals surface area contributed by atoms with E-state index in [2.05, 4.69) is 0 Å². The number of allylic oxidation sites excluding steroid dienone is 1. The second-order valence-corrected chi connectivity index (χ2v) is 4.88. The van der Waals surface area contributed by atoms with Crippen molar-refractivity contribution in [2.75, 3.05) is 0 Å². The van der Waals surface area contributed by atoms with Gasteiger partial charge < -0.3 is 4.74 Å². The molecule has 2 bridgehead atoms. The van der Waals surface area contributed by atoms with Crippen molar-refractivity contribution in [1.29, 1.82) is 0 Å². The van der Waals surface area contributed by atoms with Gasteiger partial charge in [0.2, 0.25) is 0 Å². The normalized spacial score (nSPS) is 52.6. The van der Waals surface area contributed by atoms with Gasteiger partial charge in [0.25, 0.3) is 0 Å². The van der Waals surface area contributed by atoms with Gasteiger partial charge in [-0.1, -0.05) is 11.6 Å². The molecule has 0 radical (unpaired) electrons. The van der Waals surface area contributed by atoms with Gasteiger partial charge in [0.1, 0.15) is 0 Å². The predicted octanol–water partition coefficient (Wildman–Crippen LogP) is 1.88. The monoisotopic (exact) mass is 198 g/mol. The van der Waals surface area contributed by atoms with Crippen molar-refractivity contribution >= 4 is 17.4 Å². The molecule has 3 aliphatic rings. The van der Waals surface area contributed by atoms with Crippen LogP contribution in [0.15, 0.2) is 11.1 Å². The quantitative estimate of drug-likeness (QED) is 0.594. The molecule has 2 saturated heterocycles. The number of carbonyl (C=O) groups is 1. The lowest BCUT2D eigenvalue weighted by atomic mass is 9.74. The standard InChI is InChI=1S/C10H11ClO2/c1-10-3-2-7(13-10)8-5(11)4-6(12)9(8)10/h4,7-9H,2-3H2,1H3/t7-,8+,9+,10-/m1/s1. The van der Waals surface area contributed by atoms with E-state index in [1.54, 1.807) is 6.08 Å². The molecule has 0 spiro atoms. The highest BCUT2D eigenvalue weighted by Gasteiger charge is 2.61. The summed E-state index contributed by atoms with van der Waals surface area (Å²) in [6.07, 6.45) is 3.85. The zero-order valence-electron chi connectivity index (χ0n) is 7.42. The van der Waals surface area contributed by atoms with E-state index in [4.69, 9.17) is 16.3 Å². The van der Waals surface area contributed by atoms with E-state index in [0.29, 0.717) is 5.03 Å². The Bertz CT molecular complexity index is 323. The molecule has 2 fully saturated rings. The van der Waals surface area contributed by atoms with E-state index >= 15 is 0 Å². The zero-order valence-corrected chi connectivity index (χ0v) is 8.17. The topological polar surface area (TPSA) is 26.3 Å². The lowest BCUT2D eigenvalue weighted by molar-refractivity contribution is -0.122. The zero-order chi connectivity index (χ0) is 9.22. The fourth-order valence-corrected chi connectivity index (χ4v) is 3.48. The number of hydrogen-bond acceptors (Lipinski definition) is 2. The summed E-state index contributed by atoms with van der Waals surface area (Å²) in [5, 5.41) is 0.712. The molecule has 3 rings (SSSR count). The van der Waals surface area contributed by atoms with Crippen molar-refractivity contribution in [3.63, 3.8) is 0 Å². The summed E-state index contributed by atoms with van der Waals surface area (Å²) in [6, 6.07) is 0. The first-order valence-corrected chi connectivity index (χ1v) is 5.08. The van der Waals surface area contributed by atoms with Gasteiger partial charge in [-0.15, -0.1) is 0 Å². The number of halogens is 1. The molecule has 0 aromatic carbocycles. The molecule has 1 aliphatic carbocycles. The molecule has 0 saturated carbocycles. The Labute approximate surface area is 81.9 Å². The summed E-state index contributed by atoms with van der Waals surface area (Å²) in [4.78, 5) is 11.6. The third kappa shape index (κ3) is 0.810. The molecule has 0 aromatic rings. The summed E-state index contributed by atoms with van der Waals surface area (Å²) in [5.74, 6) is 0.353. The number of hydrogen-bond donors (Lipinski definition) is 0. The minimum Gasteiger partial charge on any atom is -0.371 e. The SMILES string of the molecule is C[C@]12CC[C@@H](O1)[C@@H]1C(Cl)=CC(=O)[C@@H]12. The average Bonchev–Trinajstić information content (AvgIpc) is 2.62. The van der Waals surface area contributed by atoms with Gasteiger partial charge in [-0.2, -0.15) is 0 Å². The van der Waals surface area contributed by atoms with Gasteiger partial charge in [-0.05, 0) is 25.8 Å². The largest absolute Gasteiger partial charge is 0.371 e. The van der Waals surface area contributed by atoms with Gasteiger partial charge in [0.15, 0.2) is 5.78 Å². The van der Waals surface area contributed by atoms with Crippen LogP contribution < -0.4 is 0 Å². The Balaban J connectivity index is 2.08. The van der Waals surface area contributed by atoms with E-state index in [9.17, 15) is 4.79 Å². The van der Waals surface area contributed by atoms with Crippen molar-refractivity contribution in [2.24, 2.45) is 11.8 Å². The number of carbonyl (C=O) groups excluding carboxylic acids is 1. The average molecular weight is 199 g/mol. The molecule has 0 unspecified atom stereocenters. The van der Waals surface area contributed by atoms with E-state index in [-0.39, 0.29) is 29.3 Å². The Morgan fingerprint density at radius 1 is 1.69 bits per heavy atom. The van der Waals surface area contributed by atoms with E-state index < -0.39 is 0 Å². The van der Waals surface area contributed by atoms with Crippen LogP contribution in [0.2, 0.25) is 0 Å². The molecule has 0 amide bonds. The Hall–Kier alpha value is -0.340. The Morgan fingerprint density at radius 2 is 2.46 bits per heavy atom. The van der Waals surface area contributed by atoms with Crippen LogP contribution in [-0.2, 0) is 9.53 Å². The maximum atomic E-state index is 11.6. The summed E-state index contributed by atoms with van der Waals surface area (Å²) in [7, 11) is 0. The number of rotatable bonds is 0. The molecule has 0 N–H and O–H groups in total. The van der Waals surface area contributed by atoms with Crippen molar-refractivity contribution < 1.29 is 9.53 Å². The van der Waals surface area contributed by atoms with Crippen LogP contribution in [0.3, 0.4) is 0 Å². The predicted molar refractivity (Wildman–Crippen MR) is 48.4 cm³/mol.